The number of fused-ring (bicyclic) bond motifs is 2. The van der Waals surface area contributed by atoms with Crippen LogP contribution in [-0.2, 0) is 6.54 Å². The van der Waals surface area contributed by atoms with Crippen LogP contribution in [0.15, 0.2) is 24.4 Å². The molecule has 0 spiro atoms. The van der Waals surface area contributed by atoms with E-state index in [0.29, 0.717) is 6.04 Å². The Balaban J connectivity index is 1.14. The van der Waals surface area contributed by atoms with Crippen LogP contribution in [0.2, 0.25) is 0 Å². The summed E-state index contributed by atoms with van der Waals surface area (Å²) in [6, 6.07) is 6.41. The first-order valence-electron chi connectivity index (χ1n) is 9.93. The highest BCUT2D eigenvalue weighted by Gasteiger charge is 2.39. The molecule has 2 bridgehead atoms. The van der Waals surface area contributed by atoms with E-state index >= 15 is 0 Å². The molecule has 0 radical (unpaired) electrons. The van der Waals surface area contributed by atoms with Crippen LogP contribution in [0.5, 0.6) is 0 Å². The van der Waals surface area contributed by atoms with E-state index in [1.54, 1.807) is 0 Å². The van der Waals surface area contributed by atoms with E-state index in [2.05, 4.69) is 26.6 Å². The van der Waals surface area contributed by atoms with E-state index < -0.39 is 0 Å². The molecular weight excluding hydrogens is 312 g/mol. The second kappa shape index (κ2) is 7.73. The molecule has 0 aromatic carbocycles. The smallest absolute Gasteiger partial charge is 0.315 e. The van der Waals surface area contributed by atoms with E-state index in [9.17, 15) is 4.79 Å². The maximum Gasteiger partial charge on any atom is 0.315 e. The second-order valence-electron chi connectivity index (χ2n) is 8.16. The molecule has 2 N–H and O–H groups in total. The molecule has 3 unspecified atom stereocenters. The third-order valence-electron chi connectivity index (χ3n) is 6.44. The topological polar surface area (TPSA) is 57.3 Å². The highest BCUT2D eigenvalue weighted by molar-refractivity contribution is 5.74. The van der Waals surface area contributed by atoms with Gasteiger partial charge in [0.05, 0.1) is 5.69 Å². The molecule has 25 heavy (non-hydrogen) atoms. The van der Waals surface area contributed by atoms with Crippen molar-refractivity contribution >= 4 is 6.03 Å². The van der Waals surface area contributed by atoms with Gasteiger partial charge in [-0.2, -0.15) is 0 Å². The molecule has 2 aliphatic carbocycles. The van der Waals surface area contributed by atoms with Crippen LogP contribution in [-0.4, -0.2) is 41.6 Å². The maximum atomic E-state index is 12.2. The number of pyridine rings is 1. The van der Waals surface area contributed by atoms with Gasteiger partial charge in [0.25, 0.3) is 0 Å². The molecule has 3 atom stereocenters. The summed E-state index contributed by atoms with van der Waals surface area (Å²) in [6.07, 6.45) is 9.43. The Kier molecular flexibility index (Phi) is 5.20. The fourth-order valence-electron chi connectivity index (χ4n) is 5.04. The standard InChI is InChI=1S/C20H30N4O/c25-20(22-13-17-12-15-4-5-16(17)11-15)23-18-6-9-24(10-7-18)14-19-3-1-2-8-21-19/h1-3,8,15-18H,4-7,9-14H2,(H2,22,23,25). The number of nitrogens with zero attached hydrogens (tertiary/aromatic N) is 2. The van der Waals surface area contributed by atoms with Crippen LogP contribution in [0, 0.1) is 17.8 Å². The summed E-state index contributed by atoms with van der Waals surface area (Å²) < 4.78 is 0. The maximum absolute atomic E-state index is 12.2. The summed E-state index contributed by atoms with van der Waals surface area (Å²) in [6.45, 7) is 3.82. The Morgan fingerprint density at radius 1 is 1.16 bits per heavy atom. The first-order valence-corrected chi connectivity index (χ1v) is 9.93. The molecule has 2 saturated carbocycles. The van der Waals surface area contributed by atoms with Crippen molar-refractivity contribution in [2.45, 2.75) is 51.1 Å². The van der Waals surface area contributed by atoms with Gasteiger partial charge < -0.3 is 10.6 Å². The number of urea groups is 1. The number of aromatic nitrogens is 1. The van der Waals surface area contributed by atoms with Crippen LogP contribution < -0.4 is 10.6 Å². The van der Waals surface area contributed by atoms with Crippen molar-refractivity contribution in [1.82, 2.24) is 20.5 Å². The Bertz CT molecular complexity index is 570. The van der Waals surface area contributed by atoms with E-state index in [-0.39, 0.29) is 6.03 Å². The fourth-order valence-corrected chi connectivity index (χ4v) is 5.04. The minimum atomic E-state index is 0.0333. The largest absolute Gasteiger partial charge is 0.338 e. The van der Waals surface area contributed by atoms with Gasteiger partial charge in [0.1, 0.15) is 0 Å². The van der Waals surface area contributed by atoms with Gasteiger partial charge in [0.2, 0.25) is 0 Å². The lowest BCUT2D eigenvalue weighted by atomic mass is 9.89. The van der Waals surface area contributed by atoms with Crippen LogP contribution in [0.25, 0.3) is 0 Å². The number of carbonyl (C=O) groups excluding carboxylic acids is 1. The van der Waals surface area contributed by atoms with Crippen molar-refractivity contribution in [2.24, 2.45) is 17.8 Å². The highest BCUT2D eigenvalue weighted by atomic mass is 16.2. The third kappa shape index (κ3) is 4.32. The van der Waals surface area contributed by atoms with Crippen LogP contribution in [0.3, 0.4) is 0 Å². The molecule has 1 saturated heterocycles. The van der Waals surface area contributed by atoms with Crippen molar-refractivity contribution in [3.05, 3.63) is 30.1 Å². The zero-order valence-electron chi connectivity index (χ0n) is 15.0. The number of hydrogen-bond donors (Lipinski definition) is 2. The number of likely N-dealkylation sites (tertiary alicyclic amines) is 1. The van der Waals surface area contributed by atoms with E-state index in [4.69, 9.17) is 0 Å². The molecule has 5 nitrogen and oxygen atoms in total. The Hall–Kier alpha value is -1.62. The van der Waals surface area contributed by atoms with E-state index in [0.717, 1.165) is 62.5 Å². The monoisotopic (exact) mass is 342 g/mol. The summed E-state index contributed by atoms with van der Waals surface area (Å²) in [5.74, 6) is 2.55. The third-order valence-corrected chi connectivity index (χ3v) is 6.44. The fraction of sp³-hybridized carbons (Fsp3) is 0.700. The van der Waals surface area contributed by atoms with Crippen LogP contribution >= 0.6 is 0 Å². The summed E-state index contributed by atoms with van der Waals surface area (Å²) in [5.41, 5.74) is 1.12. The molecule has 3 fully saturated rings. The van der Waals surface area contributed by atoms with Crippen molar-refractivity contribution in [2.75, 3.05) is 19.6 Å². The van der Waals surface area contributed by atoms with Crippen LogP contribution in [0.4, 0.5) is 4.79 Å². The van der Waals surface area contributed by atoms with Gasteiger partial charge in [-0.3, -0.25) is 9.88 Å². The Labute approximate surface area is 150 Å². The molecule has 1 aromatic heterocycles. The molecule has 5 heteroatoms. The minimum Gasteiger partial charge on any atom is -0.338 e. The van der Waals surface area contributed by atoms with Crippen molar-refractivity contribution in [1.29, 1.82) is 0 Å². The van der Waals surface area contributed by atoms with Gasteiger partial charge >= 0.3 is 6.03 Å². The Morgan fingerprint density at radius 2 is 2.04 bits per heavy atom. The average Bonchev–Trinajstić information content (AvgIpc) is 3.26. The lowest BCUT2D eigenvalue weighted by Gasteiger charge is -2.32. The SMILES string of the molecule is O=C(NCC1CC2CCC1C2)NC1CCN(Cc2ccccn2)CC1. The number of amides is 2. The molecular formula is C20H30N4O. The predicted molar refractivity (Wildman–Crippen MR) is 98.0 cm³/mol. The number of nitrogens with one attached hydrogen (secondary N) is 2. The van der Waals surface area contributed by atoms with Gasteiger partial charge in [-0.05, 0) is 62.0 Å². The van der Waals surface area contributed by atoms with Crippen molar-refractivity contribution in [3.8, 4) is 0 Å². The molecule has 1 aliphatic heterocycles. The quantitative estimate of drug-likeness (QED) is 0.865. The molecule has 2 heterocycles. The molecule has 1 aromatic rings. The van der Waals surface area contributed by atoms with Gasteiger partial charge in [-0.15, -0.1) is 0 Å². The second-order valence-corrected chi connectivity index (χ2v) is 8.16. The number of carbonyl (C=O) groups is 1. The van der Waals surface area contributed by atoms with Crippen molar-refractivity contribution in [3.63, 3.8) is 0 Å². The minimum absolute atomic E-state index is 0.0333. The number of hydrogen-bond acceptors (Lipinski definition) is 3. The van der Waals surface area contributed by atoms with Crippen LogP contribution in [0.1, 0.15) is 44.2 Å². The highest BCUT2D eigenvalue weighted by Crippen LogP contribution is 2.47. The summed E-state index contributed by atoms with van der Waals surface area (Å²) >= 11 is 0. The molecule has 136 valence electrons. The lowest BCUT2D eigenvalue weighted by molar-refractivity contribution is 0.184. The van der Waals surface area contributed by atoms with Gasteiger partial charge in [0, 0.05) is 38.4 Å². The van der Waals surface area contributed by atoms with E-state index in [1.165, 1.54) is 25.7 Å². The first kappa shape index (κ1) is 16.8. The molecule has 3 aliphatic rings. The zero-order chi connectivity index (χ0) is 17.1. The summed E-state index contributed by atoms with van der Waals surface area (Å²) in [7, 11) is 0. The Morgan fingerprint density at radius 3 is 2.72 bits per heavy atom. The van der Waals surface area contributed by atoms with Gasteiger partial charge in [0.15, 0.2) is 0 Å². The van der Waals surface area contributed by atoms with Gasteiger partial charge in [-0.1, -0.05) is 12.5 Å². The zero-order valence-corrected chi connectivity index (χ0v) is 15.0. The van der Waals surface area contributed by atoms with Crippen molar-refractivity contribution < 1.29 is 4.79 Å². The van der Waals surface area contributed by atoms with E-state index in [1.807, 2.05) is 18.3 Å². The number of rotatable bonds is 5. The first-order chi connectivity index (χ1) is 12.3. The average molecular weight is 342 g/mol. The summed E-state index contributed by atoms with van der Waals surface area (Å²) in [5, 5.41) is 6.31. The predicted octanol–water partition coefficient (Wildman–Crippen LogP) is 2.78. The normalized spacial score (nSPS) is 29.7. The van der Waals surface area contributed by atoms with Gasteiger partial charge in [-0.25, -0.2) is 4.79 Å². The lowest BCUT2D eigenvalue weighted by Crippen LogP contribution is -2.48. The molecule has 4 rings (SSSR count). The molecule has 2 amide bonds. The summed E-state index contributed by atoms with van der Waals surface area (Å²) in [4.78, 5) is 19.0. The number of piperidine rings is 1.